The van der Waals surface area contributed by atoms with Gasteiger partial charge in [-0.15, -0.1) is 11.8 Å². The zero-order valence-corrected chi connectivity index (χ0v) is 8.76. The molecule has 0 amide bonds. The van der Waals surface area contributed by atoms with Gasteiger partial charge in [0, 0.05) is 17.5 Å². The van der Waals surface area contributed by atoms with Gasteiger partial charge < -0.3 is 4.90 Å². The molecule has 0 atom stereocenters. The van der Waals surface area contributed by atoms with E-state index in [4.69, 9.17) is 0 Å². The molecule has 0 aliphatic carbocycles. The minimum Gasteiger partial charge on any atom is -0.346 e. The Hall–Kier alpha value is -0.960. The minimum atomic E-state index is 0.847. The van der Waals surface area contributed by atoms with E-state index in [2.05, 4.69) is 34.2 Å². The van der Waals surface area contributed by atoms with E-state index in [1.54, 1.807) is 0 Å². The van der Waals surface area contributed by atoms with Crippen LogP contribution in [0.2, 0.25) is 0 Å². The third-order valence-electron chi connectivity index (χ3n) is 2.64. The van der Waals surface area contributed by atoms with Crippen molar-refractivity contribution in [1.82, 2.24) is 4.90 Å². The Balaban J connectivity index is 2.27. The van der Waals surface area contributed by atoms with Crippen LogP contribution in [0.5, 0.6) is 0 Å². The highest BCUT2D eigenvalue weighted by Crippen LogP contribution is 2.26. The van der Waals surface area contributed by atoms with E-state index in [1.807, 2.05) is 11.8 Å². The number of para-hydroxylation sites is 1. The molecule has 0 saturated carbocycles. The second-order valence-electron chi connectivity index (χ2n) is 3.59. The first kappa shape index (κ1) is 8.36. The fraction of sp³-hybridized carbons (Fsp3) is 0.364. The molecule has 0 spiro atoms. The first-order chi connectivity index (χ1) is 6.95. The van der Waals surface area contributed by atoms with E-state index >= 15 is 0 Å². The first-order valence-corrected chi connectivity index (χ1v) is 5.95. The van der Waals surface area contributed by atoms with Gasteiger partial charge in [0.05, 0.1) is 10.4 Å². The summed E-state index contributed by atoms with van der Waals surface area (Å²) in [5, 5.41) is 3.92. The molecule has 0 radical (unpaired) electrons. The van der Waals surface area contributed by atoms with Crippen molar-refractivity contribution in [2.45, 2.75) is 6.42 Å². The Morgan fingerprint density at radius 2 is 2.21 bits per heavy atom. The first-order valence-electron chi connectivity index (χ1n) is 4.97. The Morgan fingerprint density at radius 1 is 1.29 bits per heavy atom. The van der Waals surface area contributed by atoms with Gasteiger partial charge in [-0.1, -0.05) is 18.2 Å². The van der Waals surface area contributed by atoms with Crippen LogP contribution in [0.3, 0.4) is 0 Å². The molecule has 1 aromatic carbocycles. The maximum absolute atomic E-state index is 4.57. The van der Waals surface area contributed by atoms with Crippen LogP contribution in [0.15, 0.2) is 29.3 Å². The second-order valence-corrected chi connectivity index (χ2v) is 4.67. The van der Waals surface area contributed by atoms with Crippen molar-refractivity contribution in [1.29, 1.82) is 0 Å². The lowest BCUT2D eigenvalue weighted by Gasteiger charge is -2.31. The molecule has 14 heavy (non-hydrogen) atoms. The molecule has 2 nitrogen and oxygen atoms in total. The predicted octanol–water partition coefficient (Wildman–Crippen LogP) is 0.782. The Bertz CT molecular complexity index is 466. The topological polar surface area (TPSA) is 15.6 Å². The van der Waals surface area contributed by atoms with Crippen LogP contribution in [0.25, 0.3) is 5.03 Å². The quantitative estimate of drug-likeness (QED) is 0.620. The molecule has 2 heterocycles. The van der Waals surface area contributed by atoms with E-state index in [-0.39, 0.29) is 0 Å². The highest BCUT2D eigenvalue weighted by molar-refractivity contribution is 8.07. The molecule has 0 N–H and O–H groups in total. The summed E-state index contributed by atoms with van der Waals surface area (Å²) in [6, 6.07) is 8.44. The zero-order valence-electron chi connectivity index (χ0n) is 7.94. The minimum absolute atomic E-state index is 0.847. The summed E-state index contributed by atoms with van der Waals surface area (Å²) in [7, 11) is 0. The molecule has 1 fully saturated rings. The molecule has 2 aliphatic heterocycles. The second kappa shape index (κ2) is 3.31. The van der Waals surface area contributed by atoms with Gasteiger partial charge in [0.15, 0.2) is 0 Å². The van der Waals surface area contributed by atoms with Gasteiger partial charge in [0.25, 0.3) is 0 Å². The largest absolute Gasteiger partial charge is 0.346 e. The van der Waals surface area contributed by atoms with Crippen LogP contribution >= 0.6 is 11.8 Å². The Labute approximate surface area is 87.3 Å². The van der Waals surface area contributed by atoms with Gasteiger partial charge in [-0.05, 0) is 12.5 Å². The molecule has 2 aliphatic rings. The average Bonchev–Trinajstić information content (AvgIpc) is 2.29. The van der Waals surface area contributed by atoms with Gasteiger partial charge in [0.1, 0.15) is 6.67 Å². The number of nitrogens with zero attached hydrogens (tertiary/aromatic N) is 2. The summed E-state index contributed by atoms with van der Waals surface area (Å²) in [6.07, 6.45) is 1.28. The van der Waals surface area contributed by atoms with Crippen molar-refractivity contribution in [2.24, 2.45) is 4.99 Å². The van der Waals surface area contributed by atoms with Gasteiger partial charge in [0.2, 0.25) is 0 Å². The van der Waals surface area contributed by atoms with Crippen molar-refractivity contribution < 1.29 is 0 Å². The summed E-state index contributed by atoms with van der Waals surface area (Å²) in [6.45, 7) is 2.01. The molecule has 1 saturated heterocycles. The maximum atomic E-state index is 4.57. The standard InChI is InChI=1S/C11H12N2S/c1-2-5-10-9(4-1)11-13(8-12-10)6-3-7-14-11/h1-2,4-5H,3,6-8H2. The van der Waals surface area contributed by atoms with Crippen molar-refractivity contribution in [3.05, 3.63) is 34.8 Å². The molecule has 3 heteroatoms. The molecule has 0 bridgehead atoms. The van der Waals surface area contributed by atoms with Gasteiger partial charge in [-0.25, -0.2) is 0 Å². The maximum Gasteiger partial charge on any atom is 0.111 e. The zero-order chi connectivity index (χ0) is 9.38. The SMILES string of the molecule is c1ccc2c(c1)=NCN1CCCSC=21. The van der Waals surface area contributed by atoms with Crippen molar-refractivity contribution in [2.75, 3.05) is 19.0 Å². The van der Waals surface area contributed by atoms with Gasteiger partial charge in [-0.2, -0.15) is 0 Å². The predicted molar refractivity (Wildman–Crippen MR) is 59.3 cm³/mol. The summed E-state index contributed by atoms with van der Waals surface area (Å²) >= 11 is 1.97. The van der Waals surface area contributed by atoms with Crippen LogP contribution in [0.1, 0.15) is 6.42 Å². The third kappa shape index (κ3) is 1.23. The number of hydrogen-bond donors (Lipinski definition) is 0. The average molecular weight is 204 g/mol. The highest BCUT2D eigenvalue weighted by atomic mass is 32.2. The number of hydrogen-bond acceptors (Lipinski definition) is 3. The number of fused-ring (bicyclic) bond motifs is 2. The van der Waals surface area contributed by atoms with Crippen LogP contribution < -0.4 is 10.6 Å². The number of rotatable bonds is 0. The van der Waals surface area contributed by atoms with Crippen molar-refractivity contribution >= 4 is 16.8 Å². The Morgan fingerprint density at radius 3 is 3.21 bits per heavy atom. The monoisotopic (exact) mass is 204 g/mol. The van der Waals surface area contributed by atoms with Crippen LogP contribution in [0, 0.1) is 0 Å². The lowest BCUT2D eigenvalue weighted by Crippen LogP contribution is -2.41. The molecule has 72 valence electrons. The summed E-state index contributed by atoms with van der Waals surface area (Å²) in [4.78, 5) is 6.95. The van der Waals surface area contributed by atoms with Gasteiger partial charge in [-0.3, -0.25) is 4.99 Å². The van der Waals surface area contributed by atoms with Crippen molar-refractivity contribution in [3.8, 4) is 0 Å². The van der Waals surface area contributed by atoms with Crippen LogP contribution in [-0.4, -0.2) is 23.9 Å². The fourth-order valence-corrected chi connectivity index (χ4v) is 3.08. The number of thioether (sulfide) groups is 1. The fourth-order valence-electron chi connectivity index (χ4n) is 1.95. The lowest BCUT2D eigenvalue weighted by molar-refractivity contribution is 0.401. The number of benzene rings is 1. The normalized spacial score (nSPS) is 19.7. The van der Waals surface area contributed by atoms with E-state index in [9.17, 15) is 0 Å². The van der Waals surface area contributed by atoms with E-state index in [0.29, 0.717) is 0 Å². The summed E-state index contributed by atoms with van der Waals surface area (Å²) < 4.78 is 0. The molecular formula is C11H12N2S. The molecule has 3 rings (SSSR count). The third-order valence-corrected chi connectivity index (χ3v) is 3.89. The Kier molecular flexibility index (Phi) is 1.98. The molecule has 0 unspecified atom stereocenters. The van der Waals surface area contributed by atoms with Crippen LogP contribution in [-0.2, 0) is 0 Å². The summed E-state index contributed by atoms with van der Waals surface area (Å²) in [5.74, 6) is 1.25. The molecule has 0 aromatic heterocycles. The molecular weight excluding hydrogens is 192 g/mol. The smallest absolute Gasteiger partial charge is 0.111 e. The van der Waals surface area contributed by atoms with E-state index < -0.39 is 0 Å². The summed E-state index contributed by atoms with van der Waals surface area (Å²) in [5.41, 5.74) is 0. The van der Waals surface area contributed by atoms with E-state index in [0.717, 1.165) is 12.0 Å². The van der Waals surface area contributed by atoms with Crippen LogP contribution in [0.4, 0.5) is 0 Å². The lowest BCUT2D eigenvalue weighted by atomic mass is 10.2. The van der Waals surface area contributed by atoms with Gasteiger partial charge >= 0.3 is 0 Å². The van der Waals surface area contributed by atoms with Crippen molar-refractivity contribution in [3.63, 3.8) is 0 Å². The highest BCUT2D eigenvalue weighted by Gasteiger charge is 2.18. The molecule has 1 aromatic rings. The van der Waals surface area contributed by atoms with E-state index in [1.165, 1.54) is 29.0 Å².